The number of aryl methyl sites for hydroxylation is 1. The molecular formula is C27H27N3O6S. The van der Waals surface area contributed by atoms with Gasteiger partial charge in [-0.1, -0.05) is 24.3 Å². The van der Waals surface area contributed by atoms with Crippen LogP contribution in [-0.4, -0.2) is 44.4 Å². The quantitative estimate of drug-likeness (QED) is 0.490. The normalized spacial score (nSPS) is 14.9. The van der Waals surface area contributed by atoms with Crippen LogP contribution in [0.5, 0.6) is 11.5 Å². The first kappa shape index (κ1) is 24.8. The second kappa shape index (κ2) is 10.2. The first-order valence-corrected chi connectivity index (χ1v) is 13.4. The maximum absolute atomic E-state index is 13.2. The molecule has 0 atom stereocenters. The fourth-order valence-corrected chi connectivity index (χ4v) is 5.94. The Morgan fingerprint density at radius 3 is 2.46 bits per heavy atom. The van der Waals surface area contributed by atoms with Crippen LogP contribution in [0.2, 0.25) is 0 Å². The van der Waals surface area contributed by atoms with Crippen molar-refractivity contribution in [2.45, 2.75) is 31.2 Å². The Kier molecular flexibility index (Phi) is 6.86. The number of anilines is 1. The molecule has 3 aromatic rings. The molecule has 0 bridgehead atoms. The van der Waals surface area contributed by atoms with Crippen molar-refractivity contribution in [1.82, 2.24) is 9.62 Å². The number of fused-ring (bicyclic) bond motifs is 1. The van der Waals surface area contributed by atoms with Gasteiger partial charge in [-0.3, -0.25) is 9.59 Å². The van der Waals surface area contributed by atoms with E-state index in [1.807, 2.05) is 12.1 Å². The van der Waals surface area contributed by atoms with Crippen molar-refractivity contribution in [3.05, 3.63) is 82.9 Å². The van der Waals surface area contributed by atoms with E-state index in [4.69, 9.17) is 9.47 Å². The molecule has 37 heavy (non-hydrogen) atoms. The Bertz CT molecular complexity index is 1460. The molecule has 5 rings (SSSR count). The molecule has 9 nitrogen and oxygen atoms in total. The van der Waals surface area contributed by atoms with Crippen LogP contribution in [0.3, 0.4) is 0 Å². The second-order valence-electron chi connectivity index (χ2n) is 8.96. The first-order valence-electron chi connectivity index (χ1n) is 12.0. The van der Waals surface area contributed by atoms with Gasteiger partial charge in [-0.05, 0) is 67.3 Å². The summed E-state index contributed by atoms with van der Waals surface area (Å²) in [6.07, 6.45) is 1.65. The average Bonchev–Trinajstić information content (AvgIpc) is 3.60. The summed E-state index contributed by atoms with van der Waals surface area (Å²) in [4.78, 5) is 26.3. The van der Waals surface area contributed by atoms with E-state index in [0.29, 0.717) is 35.8 Å². The molecule has 2 heterocycles. The summed E-state index contributed by atoms with van der Waals surface area (Å²) < 4.78 is 38.1. The van der Waals surface area contributed by atoms with Crippen LogP contribution in [0.4, 0.5) is 5.69 Å². The van der Waals surface area contributed by atoms with Crippen molar-refractivity contribution in [2.75, 3.05) is 25.2 Å². The highest BCUT2D eigenvalue weighted by Crippen LogP contribution is 2.32. The van der Waals surface area contributed by atoms with Crippen LogP contribution < -0.4 is 20.1 Å². The standard InChI is InChI=1S/C27H27N3O6S/c1-18-8-10-20(37(33,34)30-12-4-5-13-30)15-22(18)27(32)29-23-7-3-2-6-21(23)26(31)28-16-19-9-11-24-25(14-19)36-17-35-24/h2-3,6-11,14-15H,4-5,12-13,16-17H2,1H3,(H,28,31)(H,29,32). The summed E-state index contributed by atoms with van der Waals surface area (Å²) >= 11 is 0. The first-order chi connectivity index (χ1) is 17.8. The fourth-order valence-electron chi connectivity index (χ4n) is 4.39. The van der Waals surface area contributed by atoms with Crippen molar-refractivity contribution in [3.63, 3.8) is 0 Å². The highest BCUT2D eigenvalue weighted by atomic mass is 32.2. The lowest BCUT2D eigenvalue weighted by Gasteiger charge is -2.17. The monoisotopic (exact) mass is 521 g/mol. The molecule has 2 aliphatic rings. The zero-order chi connectivity index (χ0) is 26.0. The van der Waals surface area contributed by atoms with Crippen molar-refractivity contribution in [1.29, 1.82) is 0 Å². The van der Waals surface area contributed by atoms with E-state index >= 15 is 0 Å². The molecule has 1 saturated heterocycles. The Morgan fingerprint density at radius 2 is 1.65 bits per heavy atom. The van der Waals surface area contributed by atoms with Crippen LogP contribution >= 0.6 is 0 Å². The minimum absolute atomic E-state index is 0.0832. The van der Waals surface area contributed by atoms with Crippen LogP contribution in [0.15, 0.2) is 65.6 Å². The molecule has 3 aromatic carbocycles. The molecule has 0 unspecified atom stereocenters. The van der Waals surface area contributed by atoms with Gasteiger partial charge in [-0.15, -0.1) is 0 Å². The zero-order valence-electron chi connectivity index (χ0n) is 20.3. The van der Waals surface area contributed by atoms with Crippen LogP contribution in [0.1, 0.15) is 44.7 Å². The van der Waals surface area contributed by atoms with Crippen molar-refractivity contribution >= 4 is 27.5 Å². The van der Waals surface area contributed by atoms with E-state index < -0.39 is 15.9 Å². The number of para-hydroxylation sites is 1. The molecule has 10 heteroatoms. The van der Waals surface area contributed by atoms with Gasteiger partial charge >= 0.3 is 0 Å². The molecule has 2 amide bonds. The van der Waals surface area contributed by atoms with E-state index in [-0.39, 0.29) is 35.3 Å². The van der Waals surface area contributed by atoms with Gasteiger partial charge < -0.3 is 20.1 Å². The molecule has 192 valence electrons. The van der Waals surface area contributed by atoms with Crippen molar-refractivity contribution < 1.29 is 27.5 Å². The van der Waals surface area contributed by atoms with E-state index in [1.54, 1.807) is 43.3 Å². The smallest absolute Gasteiger partial charge is 0.255 e. The number of benzene rings is 3. The zero-order valence-corrected chi connectivity index (χ0v) is 21.1. The maximum Gasteiger partial charge on any atom is 0.255 e. The van der Waals surface area contributed by atoms with E-state index in [1.165, 1.54) is 16.4 Å². The third-order valence-corrected chi connectivity index (χ3v) is 8.36. The maximum atomic E-state index is 13.2. The van der Waals surface area contributed by atoms with Gasteiger partial charge in [0.2, 0.25) is 16.8 Å². The van der Waals surface area contributed by atoms with Gasteiger partial charge in [-0.2, -0.15) is 4.31 Å². The Balaban J connectivity index is 1.32. The molecule has 2 N–H and O–H groups in total. The highest BCUT2D eigenvalue weighted by molar-refractivity contribution is 7.89. The third kappa shape index (κ3) is 5.16. The summed E-state index contributed by atoms with van der Waals surface area (Å²) in [7, 11) is -3.67. The number of carbonyl (C=O) groups is 2. The summed E-state index contributed by atoms with van der Waals surface area (Å²) in [6, 6.07) is 16.7. The Hall–Kier alpha value is -3.89. The van der Waals surface area contributed by atoms with Crippen molar-refractivity contribution in [3.8, 4) is 11.5 Å². The van der Waals surface area contributed by atoms with E-state index in [0.717, 1.165) is 18.4 Å². The Morgan fingerprint density at radius 1 is 0.892 bits per heavy atom. The summed E-state index contributed by atoms with van der Waals surface area (Å²) in [6.45, 7) is 3.13. The predicted octanol–water partition coefficient (Wildman–Crippen LogP) is 3.69. The van der Waals surface area contributed by atoms with Gasteiger partial charge in [0.05, 0.1) is 16.1 Å². The molecule has 0 aromatic heterocycles. The lowest BCUT2D eigenvalue weighted by Crippen LogP contribution is -2.28. The number of nitrogens with zero attached hydrogens (tertiary/aromatic N) is 1. The van der Waals surface area contributed by atoms with Crippen LogP contribution in [0, 0.1) is 6.92 Å². The second-order valence-corrected chi connectivity index (χ2v) is 10.9. The van der Waals surface area contributed by atoms with Gasteiger partial charge in [0.1, 0.15) is 0 Å². The lowest BCUT2D eigenvalue weighted by atomic mass is 10.1. The molecule has 0 radical (unpaired) electrons. The van der Waals surface area contributed by atoms with E-state index in [9.17, 15) is 18.0 Å². The number of ether oxygens (including phenoxy) is 2. The van der Waals surface area contributed by atoms with Gasteiger partial charge in [0.25, 0.3) is 11.8 Å². The number of sulfonamides is 1. The number of hydrogen-bond acceptors (Lipinski definition) is 6. The SMILES string of the molecule is Cc1ccc(S(=O)(=O)N2CCCC2)cc1C(=O)Nc1ccccc1C(=O)NCc1ccc2c(c1)OCO2. The van der Waals surface area contributed by atoms with Gasteiger partial charge in [0, 0.05) is 25.2 Å². The van der Waals surface area contributed by atoms with Crippen LogP contribution in [0.25, 0.3) is 0 Å². The summed E-state index contributed by atoms with van der Waals surface area (Å²) in [5, 5.41) is 5.64. The van der Waals surface area contributed by atoms with Gasteiger partial charge in [-0.25, -0.2) is 8.42 Å². The van der Waals surface area contributed by atoms with Crippen LogP contribution in [-0.2, 0) is 16.6 Å². The molecule has 1 fully saturated rings. The van der Waals surface area contributed by atoms with E-state index in [2.05, 4.69) is 10.6 Å². The topological polar surface area (TPSA) is 114 Å². The number of hydrogen-bond donors (Lipinski definition) is 2. The minimum atomic E-state index is -3.67. The molecule has 0 saturated carbocycles. The lowest BCUT2D eigenvalue weighted by molar-refractivity contribution is 0.0951. The molecule has 0 spiro atoms. The number of nitrogens with one attached hydrogen (secondary N) is 2. The van der Waals surface area contributed by atoms with Gasteiger partial charge in [0.15, 0.2) is 11.5 Å². The number of carbonyl (C=O) groups excluding carboxylic acids is 2. The predicted molar refractivity (Wildman–Crippen MR) is 137 cm³/mol. The number of amides is 2. The largest absolute Gasteiger partial charge is 0.454 e. The van der Waals surface area contributed by atoms with Crippen molar-refractivity contribution in [2.24, 2.45) is 0 Å². The minimum Gasteiger partial charge on any atom is -0.454 e. The average molecular weight is 522 g/mol. The Labute approximate surface area is 215 Å². The fraction of sp³-hybridized carbons (Fsp3) is 0.259. The number of rotatable bonds is 7. The molecular weight excluding hydrogens is 494 g/mol. The summed E-state index contributed by atoms with van der Waals surface area (Å²) in [5.74, 6) is 0.433. The highest BCUT2D eigenvalue weighted by Gasteiger charge is 2.28. The molecule has 0 aliphatic carbocycles. The summed E-state index contributed by atoms with van der Waals surface area (Å²) in [5.41, 5.74) is 2.31. The molecule has 2 aliphatic heterocycles. The third-order valence-electron chi connectivity index (χ3n) is 6.47.